The van der Waals surface area contributed by atoms with Crippen LogP contribution in [0.3, 0.4) is 0 Å². The molecule has 2 rings (SSSR count). The molecule has 144 valence electrons. The number of nitrogens with zero attached hydrogens (tertiary/aromatic N) is 1. The van der Waals surface area contributed by atoms with Crippen LogP contribution in [-0.2, 0) is 14.8 Å². The molecule has 9 nitrogen and oxygen atoms in total. The average molecular weight is 386 g/mol. The highest BCUT2D eigenvalue weighted by atomic mass is 32.2. The number of hydrogen-bond donors (Lipinski definition) is 2. The van der Waals surface area contributed by atoms with Crippen molar-refractivity contribution in [2.45, 2.75) is 19.4 Å². The zero-order chi connectivity index (χ0) is 19.3. The van der Waals surface area contributed by atoms with Crippen LogP contribution in [0.2, 0.25) is 0 Å². The fourth-order valence-electron chi connectivity index (χ4n) is 2.69. The molecule has 1 saturated heterocycles. The summed E-state index contributed by atoms with van der Waals surface area (Å²) in [5.74, 6) is -0.851. The van der Waals surface area contributed by atoms with E-state index in [1.165, 1.54) is 18.2 Å². The van der Waals surface area contributed by atoms with Crippen molar-refractivity contribution in [3.05, 3.63) is 23.8 Å². The fraction of sp³-hybridized carbons (Fsp3) is 0.500. The Bertz CT molecular complexity index is 779. The highest BCUT2D eigenvalue weighted by Crippen LogP contribution is 2.29. The Morgan fingerprint density at radius 2 is 2.04 bits per heavy atom. The number of ether oxygens (including phenoxy) is 2. The molecule has 0 saturated carbocycles. The number of nitrogens with one attached hydrogen (secondary N) is 1. The summed E-state index contributed by atoms with van der Waals surface area (Å²) in [4.78, 5) is 24.9. The van der Waals surface area contributed by atoms with Crippen molar-refractivity contribution in [2.24, 2.45) is 0 Å². The number of carboxylic acids is 1. The maximum absolute atomic E-state index is 12.7. The van der Waals surface area contributed by atoms with Crippen molar-refractivity contribution in [2.75, 3.05) is 32.6 Å². The fourth-order valence-corrected chi connectivity index (χ4v) is 3.49. The van der Waals surface area contributed by atoms with Gasteiger partial charge in [-0.15, -0.1) is 0 Å². The Balaban J connectivity index is 2.11. The largest absolute Gasteiger partial charge is 0.490 e. The van der Waals surface area contributed by atoms with E-state index in [4.69, 9.17) is 14.6 Å². The molecule has 1 unspecified atom stereocenters. The monoisotopic (exact) mass is 386 g/mol. The van der Waals surface area contributed by atoms with E-state index in [0.717, 1.165) is 6.26 Å². The molecule has 1 atom stereocenters. The molecule has 26 heavy (non-hydrogen) atoms. The summed E-state index contributed by atoms with van der Waals surface area (Å²) in [6.07, 6.45) is 1.62. The summed E-state index contributed by atoms with van der Waals surface area (Å²) in [5, 5.41) is 8.71. The van der Waals surface area contributed by atoms with Crippen LogP contribution in [0, 0.1) is 0 Å². The van der Waals surface area contributed by atoms with Gasteiger partial charge in [-0.25, -0.2) is 17.9 Å². The maximum Gasteiger partial charge on any atom is 0.341 e. The van der Waals surface area contributed by atoms with E-state index in [1.54, 1.807) is 11.8 Å². The van der Waals surface area contributed by atoms with Gasteiger partial charge in [-0.3, -0.25) is 4.79 Å². The second-order valence-corrected chi connectivity index (χ2v) is 7.68. The van der Waals surface area contributed by atoms with Crippen LogP contribution in [0.25, 0.3) is 0 Å². The quantitative estimate of drug-likeness (QED) is 0.659. The maximum atomic E-state index is 12.7. The lowest BCUT2D eigenvalue weighted by Gasteiger charge is -2.18. The number of rotatable bonds is 8. The predicted octanol–water partition coefficient (Wildman–Crippen LogP) is 0.312. The van der Waals surface area contributed by atoms with Crippen molar-refractivity contribution in [1.29, 1.82) is 0 Å². The second kappa shape index (κ2) is 8.37. The first kappa shape index (κ1) is 20.0. The molecule has 1 fully saturated rings. The lowest BCUT2D eigenvalue weighted by Crippen LogP contribution is -2.37. The minimum Gasteiger partial charge on any atom is -0.490 e. The molecule has 1 aromatic rings. The van der Waals surface area contributed by atoms with Gasteiger partial charge in [0.25, 0.3) is 5.91 Å². The van der Waals surface area contributed by atoms with Gasteiger partial charge in [0.05, 0.1) is 12.9 Å². The number of aliphatic carboxylic acids is 1. The number of carbonyl (C=O) groups is 2. The molecular formula is C16H22N2O7S. The van der Waals surface area contributed by atoms with Crippen molar-refractivity contribution >= 4 is 21.9 Å². The van der Waals surface area contributed by atoms with Crippen LogP contribution >= 0.6 is 0 Å². The Kier molecular flexibility index (Phi) is 6.43. The third kappa shape index (κ3) is 5.60. The number of hydrogen-bond acceptors (Lipinski definition) is 6. The highest BCUT2D eigenvalue weighted by molar-refractivity contribution is 7.88. The molecule has 0 spiro atoms. The third-order valence-electron chi connectivity index (χ3n) is 3.70. The zero-order valence-electron chi connectivity index (χ0n) is 14.6. The van der Waals surface area contributed by atoms with Crippen LogP contribution in [-0.4, -0.2) is 68.9 Å². The Labute approximate surface area is 151 Å². The predicted molar refractivity (Wildman–Crippen MR) is 93.0 cm³/mol. The van der Waals surface area contributed by atoms with Gasteiger partial charge < -0.3 is 19.5 Å². The van der Waals surface area contributed by atoms with Crippen LogP contribution < -0.4 is 14.2 Å². The molecule has 0 aromatic heterocycles. The van der Waals surface area contributed by atoms with E-state index in [2.05, 4.69) is 4.72 Å². The summed E-state index contributed by atoms with van der Waals surface area (Å²) >= 11 is 0. The highest BCUT2D eigenvalue weighted by Gasteiger charge is 2.29. The van der Waals surface area contributed by atoms with Gasteiger partial charge in [-0.2, -0.15) is 0 Å². The molecule has 10 heteroatoms. The average Bonchev–Trinajstić information content (AvgIpc) is 2.99. The first-order chi connectivity index (χ1) is 12.2. The number of amides is 1. The van der Waals surface area contributed by atoms with Gasteiger partial charge in [0.1, 0.15) is 0 Å². The number of carboxylic acid groups (broad SMARTS) is 1. The minimum absolute atomic E-state index is 0.240. The molecule has 1 heterocycles. The summed E-state index contributed by atoms with van der Waals surface area (Å²) in [7, 11) is -3.33. The zero-order valence-corrected chi connectivity index (χ0v) is 15.4. The van der Waals surface area contributed by atoms with Crippen molar-refractivity contribution in [3.63, 3.8) is 0 Å². The van der Waals surface area contributed by atoms with Crippen LogP contribution in [0.1, 0.15) is 23.7 Å². The first-order valence-electron chi connectivity index (χ1n) is 8.07. The van der Waals surface area contributed by atoms with Gasteiger partial charge in [0.15, 0.2) is 18.1 Å². The molecule has 1 aromatic carbocycles. The summed E-state index contributed by atoms with van der Waals surface area (Å²) in [6.45, 7) is 2.29. The van der Waals surface area contributed by atoms with E-state index in [9.17, 15) is 18.0 Å². The van der Waals surface area contributed by atoms with Crippen molar-refractivity contribution in [1.82, 2.24) is 9.62 Å². The lowest BCUT2D eigenvalue weighted by molar-refractivity contribution is -0.139. The van der Waals surface area contributed by atoms with E-state index in [-0.39, 0.29) is 30.0 Å². The normalized spacial score (nSPS) is 17.2. The molecule has 2 N–H and O–H groups in total. The molecule has 0 bridgehead atoms. The van der Waals surface area contributed by atoms with Crippen LogP contribution in [0.4, 0.5) is 0 Å². The van der Waals surface area contributed by atoms with Gasteiger partial charge >= 0.3 is 5.97 Å². The molecule has 1 aliphatic heterocycles. The summed E-state index contributed by atoms with van der Waals surface area (Å²) < 4.78 is 35.7. The third-order valence-corrected chi connectivity index (χ3v) is 4.46. The minimum atomic E-state index is -3.33. The van der Waals surface area contributed by atoms with Gasteiger partial charge in [-0.05, 0) is 31.5 Å². The Hall–Kier alpha value is -2.33. The molecule has 0 radical (unpaired) electrons. The van der Waals surface area contributed by atoms with E-state index >= 15 is 0 Å². The van der Waals surface area contributed by atoms with Crippen LogP contribution in [0.15, 0.2) is 18.2 Å². The number of sulfonamides is 1. The molecular weight excluding hydrogens is 364 g/mol. The van der Waals surface area contributed by atoms with Gasteiger partial charge in [0, 0.05) is 24.7 Å². The number of benzene rings is 1. The summed E-state index contributed by atoms with van der Waals surface area (Å²) in [6, 6.07) is 4.21. The standard InChI is InChI=1S/C16H22N2O7S/c1-3-24-14-8-11(4-5-13(14)25-10-15(19)20)16(21)18-7-6-12(9-18)17-26(2,22)23/h4-5,8,12,17H,3,6-7,9-10H2,1-2H3,(H,19,20). The number of likely N-dealkylation sites (tertiary alicyclic amines) is 1. The van der Waals surface area contributed by atoms with E-state index in [1.807, 2.05) is 0 Å². The number of carbonyl (C=O) groups excluding carboxylic acids is 1. The first-order valence-corrected chi connectivity index (χ1v) is 9.96. The second-order valence-electron chi connectivity index (χ2n) is 5.90. The van der Waals surface area contributed by atoms with E-state index in [0.29, 0.717) is 25.1 Å². The Morgan fingerprint density at radius 1 is 1.31 bits per heavy atom. The summed E-state index contributed by atoms with van der Waals surface area (Å²) in [5.41, 5.74) is 0.358. The van der Waals surface area contributed by atoms with Crippen molar-refractivity contribution < 1.29 is 32.6 Å². The van der Waals surface area contributed by atoms with Crippen LogP contribution in [0.5, 0.6) is 11.5 Å². The smallest absolute Gasteiger partial charge is 0.341 e. The molecule has 1 amide bonds. The Morgan fingerprint density at radius 3 is 2.65 bits per heavy atom. The lowest BCUT2D eigenvalue weighted by atomic mass is 10.1. The van der Waals surface area contributed by atoms with E-state index < -0.39 is 22.6 Å². The molecule has 1 aliphatic rings. The SMILES string of the molecule is CCOc1cc(C(=O)N2CCC(NS(C)(=O)=O)C2)ccc1OCC(=O)O. The van der Waals surface area contributed by atoms with Crippen molar-refractivity contribution in [3.8, 4) is 11.5 Å². The topological polar surface area (TPSA) is 122 Å². The van der Waals surface area contributed by atoms with Gasteiger partial charge in [0.2, 0.25) is 10.0 Å². The molecule has 0 aliphatic carbocycles. The van der Waals surface area contributed by atoms with Gasteiger partial charge in [-0.1, -0.05) is 0 Å².